The molecule has 0 saturated carbocycles. The molecule has 0 fully saturated rings. The lowest BCUT2D eigenvalue weighted by atomic mass is 9.84. The van der Waals surface area contributed by atoms with Crippen molar-refractivity contribution < 1.29 is 4.74 Å². The molecule has 1 aromatic carbocycles. The van der Waals surface area contributed by atoms with Crippen LogP contribution in [0.5, 0.6) is 5.75 Å². The molecule has 0 unspecified atom stereocenters. The third-order valence-corrected chi connectivity index (χ3v) is 2.54. The highest BCUT2D eigenvalue weighted by Gasteiger charge is 2.16. The molecule has 0 bridgehead atoms. The monoisotopic (exact) mass is 220 g/mol. The van der Waals surface area contributed by atoms with E-state index in [1.807, 2.05) is 26.0 Å². The fourth-order valence-electron chi connectivity index (χ4n) is 1.36. The van der Waals surface area contributed by atoms with Gasteiger partial charge >= 0.3 is 0 Å². The Morgan fingerprint density at radius 1 is 1.19 bits per heavy atom. The van der Waals surface area contributed by atoms with Crippen LogP contribution in [-0.4, -0.2) is 7.11 Å². The van der Waals surface area contributed by atoms with Gasteiger partial charge in [0.05, 0.1) is 7.11 Å². The van der Waals surface area contributed by atoms with Gasteiger partial charge < -0.3 is 4.74 Å². The number of rotatable bonds is 3. The zero-order valence-electron chi connectivity index (χ0n) is 11.4. The fourth-order valence-corrected chi connectivity index (χ4v) is 1.36. The predicted octanol–water partition coefficient (Wildman–Crippen LogP) is 4.49. The number of benzene rings is 1. The largest absolute Gasteiger partial charge is 0.497 e. The van der Waals surface area contributed by atoms with Gasteiger partial charge in [0.15, 0.2) is 0 Å². The first kappa shape index (κ1) is 14.8. The number of methoxy groups -OCH3 is 1. The van der Waals surface area contributed by atoms with Crippen LogP contribution in [0.3, 0.4) is 0 Å². The van der Waals surface area contributed by atoms with Crippen molar-refractivity contribution in [3.8, 4) is 5.75 Å². The lowest BCUT2D eigenvalue weighted by Crippen LogP contribution is -2.13. The second-order valence-corrected chi connectivity index (χ2v) is 4.16. The van der Waals surface area contributed by atoms with E-state index in [0.29, 0.717) is 0 Å². The minimum atomic E-state index is -0.000694. The van der Waals surface area contributed by atoms with Gasteiger partial charge in [-0.05, 0) is 30.2 Å². The first-order valence-corrected chi connectivity index (χ1v) is 5.79. The van der Waals surface area contributed by atoms with Gasteiger partial charge in [-0.2, -0.15) is 0 Å². The molecule has 0 N–H and O–H groups in total. The summed E-state index contributed by atoms with van der Waals surface area (Å²) < 4.78 is 5.24. The van der Waals surface area contributed by atoms with Gasteiger partial charge in [-0.25, -0.2) is 0 Å². The molecular weight excluding hydrogens is 196 g/mol. The molecule has 0 atom stereocenters. The van der Waals surface area contributed by atoms with Gasteiger partial charge in [-0.1, -0.05) is 39.8 Å². The summed E-state index contributed by atoms with van der Waals surface area (Å²) in [6.07, 6.45) is 1.96. The molecule has 0 spiro atoms. The molecule has 0 amide bonds. The lowest BCUT2D eigenvalue weighted by Gasteiger charge is -2.21. The summed E-state index contributed by atoms with van der Waals surface area (Å²) in [7, 11) is 1.69. The van der Waals surface area contributed by atoms with E-state index in [2.05, 4.69) is 39.5 Å². The van der Waals surface area contributed by atoms with E-state index >= 15 is 0 Å². The number of hydrogen-bond donors (Lipinski definition) is 0. The topological polar surface area (TPSA) is 9.23 Å². The van der Waals surface area contributed by atoms with E-state index < -0.39 is 0 Å². The molecule has 16 heavy (non-hydrogen) atoms. The van der Waals surface area contributed by atoms with Crippen molar-refractivity contribution >= 4 is 0 Å². The van der Waals surface area contributed by atoms with Gasteiger partial charge in [0.2, 0.25) is 0 Å². The van der Waals surface area contributed by atoms with E-state index in [4.69, 9.17) is 4.74 Å². The summed E-state index contributed by atoms with van der Waals surface area (Å²) in [5.41, 5.74) is 2.46. The third-order valence-electron chi connectivity index (χ3n) is 2.54. The van der Waals surface area contributed by atoms with Crippen LogP contribution in [-0.2, 0) is 5.41 Å². The summed E-state index contributed by atoms with van der Waals surface area (Å²) in [5, 5.41) is 0. The Kier molecular flexibility index (Phi) is 5.87. The third kappa shape index (κ3) is 3.73. The van der Waals surface area contributed by atoms with E-state index in [1.54, 1.807) is 7.11 Å². The van der Waals surface area contributed by atoms with Crippen molar-refractivity contribution in [1.82, 2.24) is 0 Å². The normalized spacial score (nSPS) is 10.1. The molecule has 0 radical (unpaired) electrons. The van der Waals surface area contributed by atoms with Crippen LogP contribution in [0.1, 0.15) is 38.8 Å². The Bertz CT molecular complexity index is 337. The van der Waals surface area contributed by atoms with E-state index in [1.165, 1.54) is 11.1 Å². The molecule has 0 heterocycles. The van der Waals surface area contributed by atoms with Gasteiger partial charge in [0.1, 0.15) is 5.75 Å². The zero-order chi connectivity index (χ0) is 12.8. The van der Waals surface area contributed by atoms with Gasteiger partial charge in [0, 0.05) is 5.41 Å². The number of ether oxygens (including phenoxy) is 1. The maximum atomic E-state index is 5.24. The van der Waals surface area contributed by atoms with Gasteiger partial charge in [0.25, 0.3) is 0 Å². The van der Waals surface area contributed by atoms with E-state index in [-0.39, 0.29) is 5.41 Å². The highest BCUT2D eigenvalue weighted by atomic mass is 16.5. The quantitative estimate of drug-likeness (QED) is 0.682. The van der Waals surface area contributed by atoms with Gasteiger partial charge in [-0.3, -0.25) is 0 Å². The number of allylic oxidation sites excluding steroid dienone is 1. The Labute approximate surface area is 100 Å². The Balaban J connectivity index is 0.00000106. The molecule has 1 heteroatoms. The van der Waals surface area contributed by atoms with Crippen LogP contribution in [0.2, 0.25) is 0 Å². The van der Waals surface area contributed by atoms with Crippen LogP contribution in [0, 0.1) is 6.92 Å². The lowest BCUT2D eigenvalue weighted by molar-refractivity contribution is 0.413. The van der Waals surface area contributed by atoms with Crippen LogP contribution in [0.4, 0.5) is 0 Å². The second kappa shape index (κ2) is 6.37. The molecule has 0 aliphatic rings. The summed E-state index contributed by atoms with van der Waals surface area (Å²) in [6, 6.07) is 6.27. The second-order valence-electron chi connectivity index (χ2n) is 4.16. The van der Waals surface area contributed by atoms with Crippen molar-refractivity contribution in [3.63, 3.8) is 0 Å². The average molecular weight is 220 g/mol. The van der Waals surface area contributed by atoms with Crippen molar-refractivity contribution in [2.24, 2.45) is 0 Å². The predicted molar refractivity (Wildman–Crippen MR) is 72.3 cm³/mol. The molecule has 1 aromatic rings. The zero-order valence-corrected chi connectivity index (χ0v) is 11.4. The molecular formula is C15H24O. The van der Waals surface area contributed by atoms with Crippen molar-refractivity contribution in [3.05, 3.63) is 42.0 Å². The molecule has 0 saturated heterocycles. The minimum absolute atomic E-state index is 0.000694. The summed E-state index contributed by atoms with van der Waals surface area (Å²) >= 11 is 0. The Morgan fingerprint density at radius 2 is 1.75 bits per heavy atom. The molecule has 1 nitrogen and oxygen atoms in total. The summed E-state index contributed by atoms with van der Waals surface area (Å²) in [4.78, 5) is 0. The van der Waals surface area contributed by atoms with E-state index in [0.717, 1.165) is 5.75 Å². The van der Waals surface area contributed by atoms with Crippen molar-refractivity contribution in [2.45, 2.75) is 40.0 Å². The summed E-state index contributed by atoms with van der Waals surface area (Å²) in [5.74, 6) is 0.912. The van der Waals surface area contributed by atoms with E-state index in [9.17, 15) is 0 Å². The molecule has 90 valence electrons. The SMILES string of the molecule is C=CC(C)(C)c1cc(C)cc(OC)c1.CC. The van der Waals surface area contributed by atoms with Crippen molar-refractivity contribution in [1.29, 1.82) is 0 Å². The van der Waals surface area contributed by atoms with Gasteiger partial charge in [-0.15, -0.1) is 6.58 Å². The first-order valence-electron chi connectivity index (χ1n) is 5.79. The fraction of sp³-hybridized carbons (Fsp3) is 0.467. The highest BCUT2D eigenvalue weighted by Crippen LogP contribution is 2.28. The van der Waals surface area contributed by atoms with Crippen LogP contribution >= 0.6 is 0 Å². The number of hydrogen-bond acceptors (Lipinski definition) is 1. The van der Waals surface area contributed by atoms with Crippen molar-refractivity contribution in [2.75, 3.05) is 7.11 Å². The van der Waals surface area contributed by atoms with Crippen LogP contribution < -0.4 is 4.74 Å². The van der Waals surface area contributed by atoms with Crippen LogP contribution in [0.25, 0.3) is 0 Å². The molecule has 1 rings (SSSR count). The first-order chi connectivity index (χ1) is 7.49. The molecule has 0 aliphatic heterocycles. The average Bonchev–Trinajstić information content (AvgIpc) is 2.30. The smallest absolute Gasteiger partial charge is 0.119 e. The molecule has 0 aliphatic carbocycles. The van der Waals surface area contributed by atoms with Crippen LogP contribution in [0.15, 0.2) is 30.9 Å². The maximum Gasteiger partial charge on any atom is 0.119 e. The minimum Gasteiger partial charge on any atom is -0.497 e. The standard InChI is InChI=1S/C13H18O.C2H6/c1-6-13(3,4)11-7-10(2)8-12(9-11)14-5;1-2/h6-9H,1H2,2-5H3;1-2H3. The number of aryl methyl sites for hydroxylation is 1. The highest BCUT2D eigenvalue weighted by molar-refractivity contribution is 5.39. The summed E-state index contributed by atoms with van der Waals surface area (Å²) in [6.45, 7) is 14.2. The Morgan fingerprint density at radius 3 is 2.19 bits per heavy atom. The maximum absolute atomic E-state index is 5.24. The molecule has 0 aromatic heterocycles. The Hall–Kier alpha value is -1.24.